The highest BCUT2D eigenvalue weighted by atomic mass is 16.5. The summed E-state index contributed by atoms with van der Waals surface area (Å²) in [6, 6.07) is 1.81. The molecule has 2 atom stereocenters. The standard InChI is InChI=1S/C13H24N4O/c1-4-6-10(18-5-2)12(17-15)11-9(3)7-8-16-13(11)14/h7-8,10,12,17H,4-6,15H2,1-3H3,(H2,14,16). The van der Waals surface area contributed by atoms with Gasteiger partial charge in [-0.05, 0) is 31.9 Å². The first-order valence-electron chi connectivity index (χ1n) is 6.44. The molecule has 0 bridgehead atoms. The minimum Gasteiger partial charge on any atom is -0.383 e. The smallest absolute Gasteiger partial charge is 0.128 e. The zero-order chi connectivity index (χ0) is 13.5. The Morgan fingerprint density at radius 2 is 2.17 bits per heavy atom. The lowest BCUT2D eigenvalue weighted by Gasteiger charge is -2.28. The van der Waals surface area contributed by atoms with Crippen LogP contribution < -0.4 is 17.0 Å². The van der Waals surface area contributed by atoms with Gasteiger partial charge in [0.2, 0.25) is 0 Å². The van der Waals surface area contributed by atoms with Crippen molar-refractivity contribution in [3.05, 3.63) is 23.4 Å². The van der Waals surface area contributed by atoms with E-state index in [-0.39, 0.29) is 12.1 Å². The molecule has 0 saturated heterocycles. The Kier molecular flexibility index (Phi) is 6.04. The Labute approximate surface area is 109 Å². The average Bonchev–Trinajstić information content (AvgIpc) is 2.34. The molecule has 5 heteroatoms. The van der Waals surface area contributed by atoms with E-state index in [1.54, 1.807) is 6.20 Å². The van der Waals surface area contributed by atoms with Crippen LogP contribution in [0.3, 0.4) is 0 Å². The number of nitrogens with two attached hydrogens (primary N) is 2. The third-order valence-corrected chi connectivity index (χ3v) is 3.06. The normalized spacial score (nSPS) is 14.4. The number of hydrogen-bond donors (Lipinski definition) is 3. The zero-order valence-corrected chi connectivity index (χ0v) is 11.4. The molecule has 0 aliphatic heterocycles. The number of nitrogens with one attached hydrogen (secondary N) is 1. The molecule has 0 aliphatic carbocycles. The fourth-order valence-corrected chi connectivity index (χ4v) is 2.22. The predicted octanol–water partition coefficient (Wildman–Crippen LogP) is 1.68. The van der Waals surface area contributed by atoms with Gasteiger partial charge in [-0.25, -0.2) is 4.98 Å². The van der Waals surface area contributed by atoms with E-state index in [4.69, 9.17) is 16.3 Å². The Morgan fingerprint density at radius 1 is 1.44 bits per heavy atom. The van der Waals surface area contributed by atoms with Crippen LogP contribution in [-0.2, 0) is 4.74 Å². The second kappa shape index (κ2) is 7.31. The van der Waals surface area contributed by atoms with Gasteiger partial charge in [0.05, 0.1) is 12.1 Å². The van der Waals surface area contributed by atoms with Crippen molar-refractivity contribution in [2.24, 2.45) is 5.84 Å². The summed E-state index contributed by atoms with van der Waals surface area (Å²) in [7, 11) is 0. The maximum Gasteiger partial charge on any atom is 0.128 e. The quantitative estimate of drug-likeness (QED) is 0.508. The van der Waals surface area contributed by atoms with Gasteiger partial charge in [-0.3, -0.25) is 11.3 Å². The molecule has 1 heterocycles. The first kappa shape index (κ1) is 14.9. The predicted molar refractivity (Wildman–Crippen MR) is 73.8 cm³/mol. The van der Waals surface area contributed by atoms with Gasteiger partial charge < -0.3 is 10.5 Å². The van der Waals surface area contributed by atoms with Crippen molar-refractivity contribution in [2.75, 3.05) is 12.3 Å². The van der Waals surface area contributed by atoms with E-state index >= 15 is 0 Å². The summed E-state index contributed by atoms with van der Waals surface area (Å²) in [6.45, 7) is 6.77. The van der Waals surface area contributed by atoms with Crippen molar-refractivity contribution in [2.45, 2.75) is 45.8 Å². The molecule has 0 amide bonds. The molecular formula is C13H24N4O. The van der Waals surface area contributed by atoms with Gasteiger partial charge in [0.15, 0.2) is 0 Å². The van der Waals surface area contributed by atoms with Gasteiger partial charge in [0.1, 0.15) is 5.82 Å². The maximum atomic E-state index is 5.97. The lowest BCUT2D eigenvalue weighted by atomic mass is 9.95. The molecule has 1 rings (SSSR count). The van der Waals surface area contributed by atoms with Gasteiger partial charge >= 0.3 is 0 Å². The molecule has 2 unspecified atom stereocenters. The Hall–Kier alpha value is -1.17. The first-order chi connectivity index (χ1) is 8.65. The van der Waals surface area contributed by atoms with Crippen molar-refractivity contribution in [1.29, 1.82) is 0 Å². The van der Waals surface area contributed by atoms with Gasteiger partial charge in [-0.15, -0.1) is 0 Å². The van der Waals surface area contributed by atoms with Crippen LogP contribution >= 0.6 is 0 Å². The third kappa shape index (κ3) is 3.41. The number of ether oxygens (including phenoxy) is 1. The molecule has 1 aromatic rings. The van der Waals surface area contributed by atoms with Crippen molar-refractivity contribution in [3.63, 3.8) is 0 Å². The van der Waals surface area contributed by atoms with Crippen LogP contribution in [-0.4, -0.2) is 17.7 Å². The average molecular weight is 252 g/mol. The van der Waals surface area contributed by atoms with Crippen LogP contribution in [0.25, 0.3) is 0 Å². The minimum atomic E-state index is -0.126. The van der Waals surface area contributed by atoms with Crippen LogP contribution in [0.15, 0.2) is 12.3 Å². The summed E-state index contributed by atoms with van der Waals surface area (Å²) in [5.41, 5.74) is 10.8. The van der Waals surface area contributed by atoms with E-state index in [1.165, 1.54) is 0 Å². The minimum absolute atomic E-state index is 0.00944. The summed E-state index contributed by atoms with van der Waals surface area (Å²) in [5.74, 6) is 6.20. The lowest BCUT2D eigenvalue weighted by Crippen LogP contribution is -2.39. The Morgan fingerprint density at radius 3 is 2.67 bits per heavy atom. The number of anilines is 1. The van der Waals surface area contributed by atoms with Crippen molar-refractivity contribution in [3.8, 4) is 0 Å². The second-order valence-electron chi connectivity index (χ2n) is 4.35. The van der Waals surface area contributed by atoms with Gasteiger partial charge in [0.25, 0.3) is 0 Å². The molecule has 0 aromatic carbocycles. The van der Waals surface area contributed by atoms with Crippen molar-refractivity contribution >= 4 is 5.82 Å². The van der Waals surface area contributed by atoms with E-state index in [1.807, 2.05) is 19.9 Å². The van der Waals surface area contributed by atoms with Gasteiger partial charge in [0, 0.05) is 18.4 Å². The summed E-state index contributed by atoms with van der Waals surface area (Å²) in [4.78, 5) is 4.14. The second-order valence-corrected chi connectivity index (χ2v) is 4.35. The molecule has 0 aliphatic rings. The SMILES string of the molecule is CCCC(OCC)C(NN)c1c(C)ccnc1N. The number of hydrogen-bond acceptors (Lipinski definition) is 5. The van der Waals surface area contributed by atoms with E-state index < -0.39 is 0 Å². The maximum absolute atomic E-state index is 5.97. The number of pyridine rings is 1. The van der Waals surface area contributed by atoms with E-state index in [2.05, 4.69) is 17.3 Å². The lowest BCUT2D eigenvalue weighted by molar-refractivity contribution is 0.0275. The van der Waals surface area contributed by atoms with E-state index in [0.717, 1.165) is 24.0 Å². The molecule has 5 nitrogen and oxygen atoms in total. The summed E-state index contributed by atoms with van der Waals surface area (Å²) in [6.07, 6.45) is 3.67. The molecule has 0 spiro atoms. The highest BCUT2D eigenvalue weighted by Gasteiger charge is 2.25. The Balaban J connectivity index is 3.06. The highest BCUT2D eigenvalue weighted by Crippen LogP contribution is 2.28. The Bertz CT molecular complexity index is 344. The number of aromatic nitrogens is 1. The fraction of sp³-hybridized carbons (Fsp3) is 0.615. The number of aryl methyl sites for hydroxylation is 1. The third-order valence-electron chi connectivity index (χ3n) is 3.06. The molecule has 102 valence electrons. The number of nitrogens with zero attached hydrogens (tertiary/aromatic N) is 1. The van der Waals surface area contributed by atoms with E-state index in [9.17, 15) is 0 Å². The van der Waals surface area contributed by atoms with E-state index in [0.29, 0.717) is 12.4 Å². The number of nitrogen functional groups attached to an aromatic ring is 1. The van der Waals surface area contributed by atoms with Crippen LogP contribution in [0.2, 0.25) is 0 Å². The van der Waals surface area contributed by atoms with Crippen LogP contribution in [0.5, 0.6) is 0 Å². The van der Waals surface area contributed by atoms with Gasteiger partial charge in [-0.2, -0.15) is 0 Å². The largest absolute Gasteiger partial charge is 0.383 e. The van der Waals surface area contributed by atoms with Crippen molar-refractivity contribution in [1.82, 2.24) is 10.4 Å². The molecule has 1 aromatic heterocycles. The van der Waals surface area contributed by atoms with Gasteiger partial charge in [-0.1, -0.05) is 13.3 Å². The summed E-state index contributed by atoms with van der Waals surface area (Å²) in [5, 5.41) is 0. The topological polar surface area (TPSA) is 86.2 Å². The summed E-state index contributed by atoms with van der Waals surface area (Å²) < 4.78 is 5.77. The fourth-order valence-electron chi connectivity index (χ4n) is 2.22. The molecule has 0 radical (unpaired) electrons. The number of hydrazine groups is 1. The summed E-state index contributed by atoms with van der Waals surface area (Å²) >= 11 is 0. The van der Waals surface area contributed by atoms with Crippen LogP contribution in [0, 0.1) is 6.92 Å². The highest BCUT2D eigenvalue weighted by molar-refractivity contribution is 5.46. The first-order valence-corrected chi connectivity index (χ1v) is 6.44. The zero-order valence-electron chi connectivity index (χ0n) is 11.4. The molecular weight excluding hydrogens is 228 g/mol. The molecule has 18 heavy (non-hydrogen) atoms. The molecule has 0 fully saturated rings. The monoisotopic (exact) mass is 252 g/mol. The molecule has 5 N–H and O–H groups in total. The van der Waals surface area contributed by atoms with Crippen molar-refractivity contribution < 1.29 is 4.74 Å². The van der Waals surface area contributed by atoms with Crippen LogP contribution in [0.4, 0.5) is 5.82 Å². The number of rotatable bonds is 7. The van der Waals surface area contributed by atoms with Crippen LogP contribution in [0.1, 0.15) is 43.9 Å². The molecule has 0 saturated carbocycles.